The number of hydrogen-bond donors (Lipinski definition) is 0. The number of nitrogens with zero attached hydrogens (tertiary/aromatic N) is 2. The van der Waals surface area contributed by atoms with Crippen molar-refractivity contribution in [1.82, 2.24) is 9.97 Å². The molecule has 2 heterocycles. The third kappa shape index (κ3) is 9.01. The molecule has 0 bridgehead atoms. The molecule has 0 spiro atoms. The van der Waals surface area contributed by atoms with E-state index in [9.17, 15) is 0 Å². The average molecular weight is 749 g/mol. The van der Waals surface area contributed by atoms with Crippen LogP contribution in [0.4, 0.5) is 0 Å². The first-order chi connectivity index (χ1) is 22.7. The average Bonchev–Trinajstić information content (AvgIpc) is 3.93. The molecule has 0 N–H and O–H groups in total. The molecule has 0 saturated heterocycles. The zero-order valence-electron chi connectivity index (χ0n) is 26.8. The van der Waals surface area contributed by atoms with Gasteiger partial charge in [0.05, 0.1) is 12.4 Å². The van der Waals surface area contributed by atoms with E-state index in [4.69, 9.17) is 25.9 Å². The molecule has 2 aromatic heterocycles. The number of rotatable bonds is 4. The van der Waals surface area contributed by atoms with Gasteiger partial charge in [0, 0.05) is 9.52 Å². The Bertz CT molecular complexity index is 1590. The molecule has 238 valence electrons. The Balaban J connectivity index is 0.000000155. The number of oxazole rings is 2. The van der Waals surface area contributed by atoms with Crippen LogP contribution in [-0.2, 0) is 20.8 Å². The van der Waals surface area contributed by atoms with Crippen molar-refractivity contribution in [3.63, 3.8) is 0 Å². The number of halogens is 2. The van der Waals surface area contributed by atoms with Crippen molar-refractivity contribution in [3.05, 3.63) is 96.7 Å². The minimum atomic E-state index is -0.826. The van der Waals surface area contributed by atoms with Crippen molar-refractivity contribution < 1.29 is 29.7 Å². The van der Waals surface area contributed by atoms with Crippen molar-refractivity contribution in [2.45, 2.75) is 89.1 Å². The number of aromatic nitrogens is 2. The summed E-state index contributed by atoms with van der Waals surface area (Å²) in [7, 11) is 11.0. The topological polar surface area (TPSA) is 52.1 Å². The fourth-order valence-corrected chi connectivity index (χ4v) is 6.94. The summed E-state index contributed by atoms with van der Waals surface area (Å²) in [5.74, 6) is 2.93. The van der Waals surface area contributed by atoms with Gasteiger partial charge in [-0.3, -0.25) is 0 Å². The van der Waals surface area contributed by atoms with Crippen LogP contribution in [0.25, 0.3) is 44.5 Å². The van der Waals surface area contributed by atoms with Gasteiger partial charge in [-0.1, -0.05) is 63.8 Å². The van der Waals surface area contributed by atoms with E-state index in [0.717, 1.165) is 44.3 Å². The molecule has 2 aliphatic rings. The molecule has 2 radical (unpaired) electrons. The van der Waals surface area contributed by atoms with Crippen molar-refractivity contribution in [2.75, 3.05) is 0 Å². The van der Waals surface area contributed by atoms with Gasteiger partial charge in [0.25, 0.3) is 0 Å². The summed E-state index contributed by atoms with van der Waals surface area (Å²) in [5, 5.41) is 5.16. The monoisotopic (exact) mass is 746 g/mol. The molecular weight excluding hydrogens is 707 g/mol. The molecule has 2 aliphatic carbocycles. The van der Waals surface area contributed by atoms with Crippen LogP contribution in [0.3, 0.4) is 0 Å². The Morgan fingerprint density at radius 1 is 0.674 bits per heavy atom. The van der Waals surface area contributed by atoms with Crippen LogP contribution in [0.2, 0.25) is 13.1 Å². The zero-order chi connectivity index (χ0) is 32.1. The van der Waals surface area contributed by atoms with Crippen molar-refractivity contribution in [1.29, 1.82) is 0 Å². The van der Waals surface area contributed by atoms with Gasteiger partial charge < -0.3 is 8.83 Å². The van der Waals surface area contributed by atoms with Crippen LogP contribution in [0.5, 0.6) is 0 Å². The van der Waals surface area contributed by atoms with Crippen LogP contribution in [-0.4, -0.2) is 19.5 Å². The van der Waals surface area contributed by atoms with E-state index >= 15 is 0 Å². The molecule has 0 atom stereocenters. The molecule has 4 aromatic carbocycles. The van der Waals surface area contributed by atoms with Gasteiger partial charge in [-0.2, -0.15) is 12.1 Å². The maximum atomic E-state index is 5.47. The first kappa shape index (κ1) is 35.1. The molecule has 4 nitrogen and oxygen atoms in total. The van der Waals surface area contributed by atoms with E-state index in [1.54, 1.807) is 24.9 Å². The molecule has 6 aromatic rings. The number of benzene rings is 2. The third-order valence-corrected chi connectivity index (χ3v) is 9.02. The molecule has 2 saturated carbocycles. The van der Waals surface area contributed by atoms with Gasteiger partial charge in [0.2, 0.25) is 11.8 Å². The van der Waals surface area contributed by atoms with E-state index in [2.05, 4.69) is 83.7 Å². The van der Waals surface area contributed by atoms with Gasteiger partial charge in [-0.05, 0) is 48.6 Å². The largest absolute Gasteiger partial charge is 0.445 e. The number of hydrogen-bond acceptors (Lipinski definition) is 4. The molecular formula is C38H42Cl2N2O2SiZr. The van der Waals surface area contributed by atoms with E-state index < -0.39 is 20.8 Å². The van der Waals surface area contributed by atoms with Gasteiger partial charge in [-0.25, -0.2) is 9.97 Å². The van der Waals surface area contributed by atoms with E-state index in [-0.39, 0.29) is 0 Å². The normalized spacial score (nSPS) is 15.2. The van der Waals surface area contributed by atoms with Gasteiger partial charge in [0.15, 0.2) is 0 Å². The van der Waals surface area contributed by atoms with Crippen LogP contribution in [0.1, 0.15) is 87.2 Å². The fraction of sp³-hybridized carbons (Fsp3) is 0.368. The summed E-state index contributed by atoms with van der Waals surface area (Å²) < 4.78 is 10.9. The van der Waals surface area contributed by atoms with E-state index in [1.165, 1.54) is 96.9 Å². The third-order valence-electron chi connectivity index (χ3n) is 9.02. The maximum absolute atomic E-state index is 5.47. The summed E-state index contributed by atoms with van der Waals surface area (Å²) in [5.41, 5.74) is 5.21. The predicted octanol–water partition coefficient (Wildman–Crippen LogP) is 12.7. The van der Waals surface area contributed by atoms with Gasteiger partial charge in [-0.15, -0.1) is 69.1 Å². The van der Waals surface area contributed by atoms with Crippen LogP contribution in [0, 0.1) is 0 Å². The Morgan fingerprint density at radius 2 is 1.07 bits per heavy atom. The van der Waals surface area contributed by atoms with Crippen LogP contribution < -0.4 is 0 Å². The Morgan fingerprint density at radius 3 is 1.41 bits per heavy atom. The molecule has 46 heavy (non-hydrogen) atoms. The van der Waals surface area contributed by atoms with Crippen LogP contribution in [0.15, 0.2) is 94.4 Å². The second kappa shape index (κ2) is 18.3. The second-order valence-electron chi connectivity index (χ2n) is 12.1. The second-order valence-corrected chi connectivity index (χ2v) is 16.8. The van der Waals surface area contributed by atoms with Crippen molar-refractivity contribution >= 4 is 48.1 Å². The quantitative estimate of drug-likeness (QED) is 0.133. The molecule has 0 amide bonds. The summed E-state index contributed by atoms with van der Waals surface area (Å²) >= 11 is -0.826. The molecule has 0 unspecified atom stereocenters. The molecule has 0 aliphatic heterocycles. The summed E-state index contributed by atoms with van der Waals surface area (Å²) in [6.45, 7) is 4.31. The molecule has 8 heteroatoms. The predicted molar refractivity (Wildman–Crippen MR) is 191 cm³/mol. The Kier molecular flexibility index (Phi) is 14.0. The van der Waals surface area contributed by atoms with E-state index in [0.29, 0.717) is 0 Å². The smallest absolute Gasteiger partial charge is 0.216 e. The van der Waals surface area contributed by atoms with Crippen molar-refractivity contribution in [2.24, 2.45) is 0 Å². The fourth-order valence-electron chi connectivity index (χ4n) is 6.94. The maximum Gasteiger partial charge on any atom is 0.216 e. The summed E-state index contributed by atoms with van der Waals surface area (Å²) in [6, 6.07) is 22.2. The SMILES string of the molecule is C[Si]C.[Cl][Zr+2][Cl].c1cc(-c2ncco2)c2cc(C3CCCCC3)[cH-]c2c1.c1cc(-c2ncco2)c2cc(C3CCCCC3)[cH-]c2c1. The van der Waals surface area contributed by atoms with E-state index in [1.807, 2.05) is 0 Å². The van der Waals surface area contributed by atoms with Gasteiger partial charge >= 0.3 is 37.9 Å². The zero-order valence-corrected chi connectivity index (χ0v) is 31.7. The minimum absolute atomic E-state index is 0.719. The summed E-state index contributed by atoms with van der Waals surface area (Å²) in [6.07, 6.45) is 20.3. The Hall–Kier alpha value is -2.24. The first-order valence-corrected chi connectivity index (χ1v) is 24.7. The van der Waals surface area contributed by atoms with Crippen molar-refractivity contribution in [3.8, 4) is 22.9 Å². The molecule has 2 fully saturated rings. The standard InChI is InChI=1S/2C18H18NO.C2H6Si.2ClH.Zr/c2*1-2-5-13(6-3-1)15-11-14-7-4-8-16(17(14)12-15)18-19-9-10-20-18;1-3-2;;;/h2*4,7-13H,1-3,5-6H2;1-2H3;2*1H;/q2*-1;;;;+4/p-2. The minimum Gasteiger partial charge on any atom is -0.445 e. The first-order valence-electron chi connectivity index (χ1n) is 16.4. The van der Waals surface area contributed by atoms with Crippen LogP contribution >= 0.6 is 17.0 Å². The molecule has 8 rings (SSSR count). The van der Waals surface area contributed by atoms with Gasteiger partial charge in [0.1, 0.15) is 12.5 Å². The summed E-state index contributed by atoms with van der Waals surface area (Å²) in [4.78, 5) is 8.58. The Labute approximate surface area is 294 Å². The number of fused-ring (bicyclic) bond motifs is 2.